The second kappa shape index (κ2) is 5.89. The fraction of sp³-hybridized carbons (Fsp3) is 0.308. The lowest BCUT2D eigenvalue weighted by atomic mass is 10.2. The van der Waals surface area contributed by atoms with Crippen LogP contribution in [0.4, 0.5) is 0 Å². The van der Waals surface area contributed by atoms with Crippen molar-refractivity contribution >= 4 is 28.4 Å². The number of carbonyl (C=O) groups excluding carboxylic acids is 1. The average Bonchev–Trinajstić information content (AvgIpc) is 2.79. The Morgan fingerprint density at radius 1 is 1.33 bits per heavy atom. The van der Waals surface area contributed by atoms with Crippen molar-refractivity contribution in [1.82, 2.24) is 9.99 Å². The number of rotatable bonds is 5. The van der Waals surface area contributed by atoms with Crippen LogP contribution < -0.4 is 11.3 Å². The van der Waals surface area contributed by atoms with Crippen LogP contribution in [0.15, 0.2) is 30.5 Å². The number of fused-ring (bicyclic) bond motifs is 1. The SMILES string of the molecule is NNC(=O)CCCCn1ccc2c(Cl)cccc21. The van der Waals surface area contributed by atoms with Gasteiger partial charge >= 0.3 is 0 Å². The lowest BCUT2D eigenvalue weighted by Gasteiger charge is -2.05. The Morgan fingerprint density at radius 2 is 2.17 bits per heavy atom. The molecular weight excluding hydrogens is 250 g/mol. The van der Waals surface area contributed by atoms with Gasteiger partial charge in [0.1, 0.15) is 0 Å². The van der Waals surface area contributed by atoms with Crippen LogP contribution in [0.2, 0.25) is 5.02 Å². The van der Waals surface area contributed by atoms with Crippen LogP contribution in [0.1, 0.15) is 19.3 Å². The highest BCUT2D eigenvalue weighted by atomic mass is 35.5. The van der Waals surface area contributed by atoms with Crippen molar-refractivity contribution in [3.8, 4) is 0 Å². The van der Waals surface area contributed by atoms with Gasteiger partial charge in [-0.05, 0) is 31.0 Å². The molecule has 2 aromatic rings. The van der Waals surface area contributed by atoms with Crippen LogP contribution in [0.3, 0.4) is 0 Å². The van der Waals surface area contributed by atoms with E-state index in [1.807, 2.05) is 30.5 Å². The zero-order chi connectivity index (χ0) is 13.0. The van der Waals surface area contributed by atoms with Crippen molar-refractivity contribution in [3.05, 3.63) is 35.5 Å². The number of hydrazine groups is 1. The summed E-state index contributed by atoms with van der Waals surface area (Å²) in [5, 5.41) is 1.84. The van der Waals surface area contributed by atoms with Crippen molar-refractivity contribution in [3.63, 3.8) is 0 Å². The van der Waals surface area contributed by atoms with Crippen molar-refractivity contribution in [1.29, 1.82) is 0 Å². The predicted octanol–water partition coefficient (Wildman–Crippen LogP) is 2.45. The van der Waals surface area contributed by atoms with E-state index in [0.29, 0.717) is 6.42 Å². The number of hydrogen-bond acceptors (Lipinski definition) is 2. The third kappa shape index (κ3) is 2.83. The van der Waals surface area contributed by atoms with Gasteiger partial charge in [-0.2, -0.15) is 0 Å². The molecule has 3 N–H and O–H groups in total. The Bertz CT molecular complexity index is 550. The van der Waals surface area contributed by atoms with Gasteiger partial charge in [0.05, 0.1) is 0 Å². The molecule has 96 valence electrons. The molecule has 2 rings (SSSR count). The van der Waals surface area contributed by atoms with Crippen LogP contribution in [0.5, 0.6) is 0 Å². The Kier molecular flexibility index (Phi) is 4.23. The molecule has 18 heavy (non-hydrogen) atoms. The lowest BCUT2D eigenvalue weighted by Crippen LogP contribution is -2.29. The zero-order valence-corrected chi connectivity index (χ0v) is 10.8. The molecule has 0 aliphatic rings. The number of aryl methyl sites for hydroxylation is 1. The second-order valence-corrected chi connectivity index (χ2v) is 4.61. The molecule has 0 radical (unpaired) electrons. The minimum absolute atomic E-state index is 0.115. The van der Waals surface area contributed by atoms with Crippen LogP contribution in [-0.4, -0.2) is 10.5 Å². The lowest BCUT2D eigenvalue weighted by molar-refractivity contribution is -0.121. The molecule has 0 unspecified atom stereocenters. The largest absolute Gasteiger partial charge is 0.347 e. The maximum absolute atomic E-state index is 11.0. The highest BCUT2D eigenvalue weighted by Crippen LogP contribution is 2.24. The second-order valence-electron chi connectivity index (χ2n) is 4.21. The van der Waals surface area contributed by atoms with E-state index in [1.54, 1.807) is 0 Å². The van der Waals surface area contributed by atoms with Gasteiger partial charge in [0, 0.05) is 35.1 Å². The first-order valence-electron chi connectivity index (χ1n) is 5.95. The molecule has 0 bridgehead atoms. The Hall–Kier alpha value is -1.52. The fourth-order valence-electron chi connectivity index (χ4n) is 2.02. The number of nitrogens with one attached hydrogen (secondary N) is 1. The number of nitrogens with zero attached hydrogens (tertiary/aromatic N) is 1. The van der Waals surface area contributed by atoms with E-state index in [-0.39, 0.29) is 5.91 Å². The number of amides is 1. The van der Waals surface area contributed by atoms with E-state index < -0.39 is 0 Å². The molecular formula is C13H16ClN3O. The van der Waals surface area contributed by atoms with Crippen molar-refractivity contribution < 1.29 is 4.79 Å². The summed E-state index contributed by atoms with van der Waals surface area (Å²) >= 11 is 6.11. The first kappa shape index (κ1) is 12.9. The summed E-state index contributed by atoms with van der Waals surface area (Å²) in [5.74, 6) is 4.91. The number of halogens is 1. The summed E-state index contributed by atoms with van der Waals surface area (Å²) in [6.45, 7) is 0.877. The average molecular weight is 266 g/mol. The normalized spacial score (nSPS) is 10.8. The van der Waals surface area contributed by atoms with Gasteiger partial charge in [0.15, 0.2) is 0 Å². The Balaban J connectivity index is 1.96. The third-order valence-electron chi connectivity index (χ3n) is 2.97. The molecule has 0 saturated heterocycles. The minimum Gasteiger partial charge on any atom is -0.347 e. The first-order valence-corrected chi connectivity index (χ1v) is 6.33. The third-order valence-corrected chi connectivity index (χ3v) is 3.30. The summed E-state index contributed by atoms with van der Waals surface area (Å²) in [7, 11) is 0. The monoisotopic (exact) mass is 265 g/mol. The summed E-state index contributed by atoms with van der Waals surface area (Å²) in [4.78, 5) is 11.0. The summed E-state index contributed by atoms with van der Waals surface area (Å²) < 4.78 is 2.15. The maximum Gasteiger partial charge on any atom is 0.233 e. The van der Waals surface area contributed by atoms with E-state index in [0.717, 1.165) is 35.3 Å². The van der Waals surface area contributed by atoms with Crippen LogP contribution in [0.25, 0.3) is 10.9 Å². The molecule has 1 heterocycles. The molecule has 1 aromatic carbocycles. The van der Waals surface area contributed by atoms with E-state index in [2.05, 4.69) is 9.99 Å². The highest BCUT2D eigenvalue weighted by molar-refractivity contribution is 6.35. The molecule has 0 atom stereocenters. The maximum atomic E-state index is 11.0. The van der Waals surface area contributed by atoms with Gasteiger partial charge in [-0.1, -0.05) is 17.7 Å². The van der Waals surface area contributed by atoms with Crippen LogP contribution in [-0.2, 0) is 11.3 Å². The number of nitrogens with two attached hydrogens (primary N) is 1. The van der Waals surface area contributed by atoms with E-state index >= 15 is 0 Å². The highest BCUT2D eigenvalue weighted by Gasteiger charge is 2.04. The van der Waals surface area contributed by atoms with Gasteiger partial charge in [-0.25, -0.2) is 5.84 Å². The predicted molar refractivity (Wildman–Crippen MR) is 73.1 cm³/mol. The molecule has 0 aliphatic carbocycles. The van der Waals surface area contributed by atoms with Crippen LogP contribution >= 0.6 is 11.6 Å². The van der Waals surface area contributed by atoms with Gasteiger partial charge in [0.25, 0.3) is 0 Å². The van der Waals surface area contributed by atoms with Crippen LogP contribution in [0, 0.1) is 0 Å². The summed E-state index contributed by atoms with van der Waals surface area (Å²) in [5.41, 5.74) is 3.26. The molecule has 4 nitrogen and oxygen atoms in total. The number of carbonyl (C=O) groups is 1. The zero-order valence-electron chi connectivity index (χ0n) is 10.0. The standard InChI is InChI=1S/C13H16ClN3O/c14-11-4-3-5-12-10(11)7-9-17(12)8-2-1-6-13(18)16-15/h3-5,7,9H,1-2,6,8,15H2,(H,16,18). The van der Waals surface area contributed by atoms with E-state index in [4.69, 9.17) is 17.4 Å². The molecule has 1 aromatic heterocycles. The van der Waals surface area contributed by atoms with Gasteiger partial charge in [-0.15, -0.1) is 0 Å². The quantitative estimate of drug-likeness (QED) is 0.378. The topological polar surface area (TPSA) is 60.0 Å². The molecule has 0 spiro atoms. The smallest absolute Gasteiger partial charge is 0.233 e. The number of benzene rings is 1. The first-order chi connectivity index (χ1) is 8.72. The molecule has 5 heteroatoms. The van der Waals surface area contributed by atoms with Crippen molar-refractivity contribution in [2.75, 3.05) is 0 Å². The van der Waals surface area contributed by atoms with Gasteiger partial charge < -0.3 is 4.57 Å². The summed E-state index contributed by atoms with van der Waals surface area (Å²) in [6.07, 6.45) is 4.25. The molecule has 0 saturated carbocycles. The fourth-order valence-corrected chi connectivity index (χ4v) is 2.25. The van der Waals surface area contributed by atoms with E-state index in [9.17, 15) is 4.79 Å². The minimum atomic E-state index is -0.115. The molecule has 0 aliphatic heterocycles. The summed E-state index contributed by atoms with van der Waals surface area (Å²) in [6, 6.07) is 7.90. The van der Waals surface area contributed by atoms with Crippen molar-refractivity contribution in [2.24, 2.45) is 5.84 Å². The number of unbranched alkanes of at least 4 members (excludes halogenated alkanes) is 1. The van der Waals surface area contributed by atoms with E-state index in [1.165, 1.54) is 0 Å². The van der Waals surface area contributed by atoms with Gasteiger partial charge in [-0.3, -0.25) is 10.2 Å². The molecule has 0 fully saturated rings. The van der Waals surface area contributed by atoms with Crippen molar-refractivity contribution in [2.45, 2.75) is 25.8 Å². The number of aromatic nitrogens is 1. The Labute approximate surface area is 111 Å². The Morgan fingerprint density at radius 3 is 2.94 bits per heavy atom. The molecule has 1 amide bonds. The van der Waals surface area contributed by atoms with Gasteiger partial charge in [0.2, 0.25) is 5.91 Å². The number of hydrogen-bond donors (Lipinski definition) is 2.